The molecule has 7 heteroatoms. The van der Waals surface area contributed by atoms with Crippen molar-refractivity contribution in [3.05, 3.63) is 64.3 Å². The summed E-state index contributed by atoms with van der Waals surface area (Å²) in [6, 6.07) is 11.7. The van der Waals surface area contributed by atoms with Gasteiger partial charge in [0.2, 0.25) is 5.89 Å². The first-order valence-electron chi connectivity index (χ1n) is 7.42. The highest BCUT2D eigenvalue weighted by Gasteiger charge is 2.08. The molecular formula is C17H17ClN4OS. The fourth-order valence-corrected chi connectivity index (χ4v) is 2.98. The van der Waals surface area contributed by atoms with Crippen molar-refractivity contribution < 1.29 is 4.42 Å². The molecule has 24 heavy (non-hydrogen) atoms. The highest BCUT2D eigenvalue weighted by atomic mass is 35.5. The molecule has 0 unspecified atom stereocenters. The molecule has 0 saturated carbocycles. The van der Waals surface area contributed by atoms with E-state index in [-0.39, 0.29) is 0 Å². The molecule has 0 amide bonds. The highest BCUT2D eigenvalue weighted by Crippen LogP contribution is 2.23. The molecule has 1 aromatic carbocycles. The second kappa shape index (κ2) is 7.99. The lowest BCUT2D eigenvalue weighted by atomic mass is 10.2. The molecule has 2 heterocycles. The van der Waals surface area contributed by atoms with Crippen molar-refractivity contribution in [1.82, 2.24) is 15.6 Å². The van der Waals surface area contributed by atoms with Gasteiger partial charge in [-0.15, -0.1) is 11.3 Å². The normalized spacial score (nSPS) is 11.5. The van der Waals surface area contributed by atoms with Crippen molar-refractivity contribution >= 4 is 28.9 Å². The van der Waals surface area contributed by atoms with Crippen LogP contribution in [0.2, 0.25) is 5.02 Å². The Hall–Kier alpha value is -2.31. The van der Waals surface area contributed by atoms with Gasteiger partial charge in [-0.2, -0.15) is 0 Å². The van der Waals surface area contributed by atoms with E-state index in [2.05, 4.69) is 20.6 Å². The molecule has 0 aliphatic carbocycles. The lowest BCUT2D eigenvalue weighted by Gasteiger charge is -2.11. The zero-order valence-electron chi connectivity index (χ0n) is 13.1. The summed E-state index contributed by atoms with van der Waals surface area (Å²) in [5.41, 5.74) is 1.84. The van der Waals surface area contributed by atoms with Crippen LogP contribution < -0.4 is 10.6 Å². The summed E-state index contributed by atoms with van der Waals surface area (Å²) in [6.45, 7) is 1.12. The minimum Gasteiger partial charge on any atom is -0.443 e. The van der Waals surface area contributed by atoms with Gasteiger partial charge in [-0.25, -0.2) is 4.98 Å². The summed E-state index contributed by atoms with van der Waals surface area (Å²) < 4.78 is 5.50. The lowest BCUT2D eigenvalue weighted by molar-refractivity contribution is 0.573. The Morgan fingerprint density at radius 2 is 2.04 bits per heavy atom. The van der Waals surface area contributed by atoms with Gasteiger partial charge in [-0.1, -0.05) is 35.9 Å². The molecule has 0 fully saturated rings. The fraction of sp³-hybridized carbons (Fsp3) is 0.176. The van der Waals surface area contributed by atoms with Gasteiger partial charge in [0, 0.05) is 18.6 Å². The average Bonchev–Trinajstić information content (AvgIpc) is 3.27. The van der Waals surface area contributed by atoms with Gasteiger partial charge in [-0.05, 0) is 23.1 Å². The van der Waals surface area contributed by atoms with E-state index >= 15 is 0 Å². The molecule has 0 aliphatic heterocycles. The smallest absolute Gasteiger partial charge is 0.236 e. The Morgan fingerprint density at radius 1 is 1.21 bits per heavy atom. The van der Waals surface area contributed by atoms with Crippen LogP contribution in [0.3, 0.4) is 0 Å². The van der Waals surface area contributed by atoms with Gasteiger partial charge in [-0.3, -0.25) is 4.99 Å². The zero-order valence-corrected chi connectivity index (χ0v) is 14.7. The molecular weight excluding hydrogens is 344 g/mol. The molecule has 0 aliphatic rings. The number of guanidine groups is 1. The van der Waals surface area contributed by atoms with Gasteiger partial charge in [0.05, 0.1) is 17.1 Å². The Bertz CT molecular complexity index is 814. The summed E-state index contributed by atoms with van der Waals surface area (Å²) in [5.74, 6) is 1.32. The number of benzene rings is 1. The van der Waals surface area contributed by atoms with Crippen LogP contribution in [-0.2, 0) is 13.1 Å². The van der Waals surface area contributed by atoms with E-state index in [1.54, 1.807) is 24.6 Å². The number of aromatic nitrogens is 1. The van der Waals surface area contributed by atoms with Gasteiger partial charge >= 0.3 is 0 Å². The number of oxazole rings is 1. The molecule has 0 bridgehead atoms. The molecule has 5 nitrogen and oxygen atoms in total. The van der Waals surface area contributed by atoms with Gasteiger partial charge in [0.1, 0.15) is 6.26 Å². The van der Waals surface area contributed by atoms with Crippen LogP contribution in [0.25, 0.3) is 10.8 Å². The number of aliphatic imine (C=N–C) groups is 1. The van der Waals surface area contributed by atoms with Crippen LogP contribution in [0.4, 0.5) is 0 Å². The van der Waals surface area contributed by atoms with Crippen LogP contribution in [-0.4, -0.2) is 18.0 Å². The third-order valence-corrected chi connectivity index (χ3v) is 4.57. The maximum absolute atomic E-state index is 6.15. The summed E-state index contributed by atoms with van der Waals surface area (Å²) >= 11 is 7.75. The first kappa shape index (κ1) is 16.5. The van der Waals surface area contributed by atoms with Crippen molar-refractivity contribution in [1.29, 1.82) is 0 Å². The molecule has 2 aromatic heterocycles. The SMILES string of the molecule is CN=C(NCc1coc(-c2cccs2)n1)NCc1ccccc1Cl. The van der Waals surface area contributed by atoms with Crippen molar-refractivity contribution in [2.24, 2.45) is 4.99 Å². The van der Waals surface area contributed by atoms with E-state index in [1.165, 1.54) is 0 Å². The van der Waals surface area contributed by atoms with Crippen molar-refractivity contribution in [2.75, 3.05) is 7.05 Å². The lowest BCUT2D eigenvalue weighted by Crippen LogP contribution is -2.36. The molecule has 0 spiro atoms. The van der Waals surface area contributed by atoms with Crippen LogP contribution in [0, 0.1) is 0 Å². The topological polar surface area (TPSA) is 62.5 Å². The van der Waals surface area contributed by atoms with E-state index in [1.807, 2.05) is 41.8 Å². The first-order valence-corrected chi connectivity index (χ1v) is 8.68. The van der Waals surface area contributed by atoms with E-state index in [9.17, 15) is 0 Å². The quantitative estimate of drug-likeness (QED) is 0.534. The highest BCUT2D eigenvalue weighted by molar-refractivity contribution is 7.13. The predicted molar refractivity (Wildman–Crippen MR) is 98.3 cm³/mol. The van der Waals surface area contributed by atoms with Crippen LogP contribution >= 0.6 is 22.9 Å². The molecule has 0 saturated heterocycles. The second-order valence-corrected chi connectivity index (χ2v) is 6.35. The number of nitrogens with zero attached hydrogens (tertiary/aromatic N) is 2. The number of thiophene rings is 1. The van der Waals surface area contributed by atoms with Crippen molar-refractivity contribution in [3.63, 3.8) is 0 Å². The minimum absolute atomic E-state index is 0.525. The summed E-state index contributed by atoms with van der Waals surface area (Å²) in [6.07, 6.45) is 1.66. The number of halogens is 1. The Kier molecular flexibility index (Phi) is 5.51. The Labute approximate surface area is 149 Å². The Morgan fingerprint density at radius 3 is 2.79 bits per heavy atom. The molecule has 2 N–H and O–H groups in total. The third kappa shape index (κ3) is 4.15. The van der Waals surface area contributed by atoms with Gasteiger partial charge in [0.15, 0.2) is 5.96 Å². The van der Waals surface area contributed by atoms with Crippen LogP contribution in [0.15, 0.2) is 57.5 Å². The third-order valence-electron chi connectivity index (χ3n) is 3.35. The van der Waals surface area contributed by atoms with E-state index in [4.69, 9.17) is 16.0 Å². The first-order chi connectivity index (χ1) is 11.8. The van der Waals surface area contributed by atoms with Gasteiger partial charge < -0.3 is 15.1 Å². The molecule has 0 atom stereocenters. The number of rotatable bonds is 5. The van der Waals surface area contributed by atoms with E-state index < -0.39 is 0 Å². The molecule has 0 radical (unpaired) electrons. The molecule has 3 aromatic rings. The van der Waals surface area contributed by atoms with Crippen molar-refractivity contribution in [2.45, 2.75) is 13.1 Å². The monoisotopic (exact) mass is 360 g/mol. The zero-order chi connectivity index (χ0) is 16.8. The molecule has 124 valence electrons. The summed E-state index contributed by atoms with van der Waals surface area (Å²) in [4.78, 5) is 9.68. The average molecular weight is 361 g/mol. The number of hydrogen-bond acceptors (Lipinski definition) is 4. The molecule has 3 rings (SSSR count). The maximum atomic E-state index is 6.15. The Balaban J connectivity index is 1.54. The summed E-state index contributed by atoms with van der Waals surface area (Å²) in [5, 5.41) is 9.17. The maximum Gasteiger partial charge on any atom is 0.236 e. The number of hydrogen-bond donors (Lipinski definition) is 2. The van der Waals surface area contributed by atoms with E-state index in [0.717, 1.165) is 21.2 Å². The van der Waals surface area contributed by atoms with Crippen LogP contribution in [0.5, 0.6) is 0 Å². The summed E-state index contributed by atoms with van der Waals surface area (Å²) in [7, 11) is 1.72. The minimum atomic E-state index is 0.525. The van der Waals surface area contributed by atoms with Crippen LogP contribution in [0.1, 0.15) is 11.3 Å². The second-order valence-electron chi connectivity index (χ2n) is 4.99. The predicted octanol–water partition coefficient (Wildman–Crippen LogP) is 3.92. The fourth-order valence-electron chi connectivity index (χ4n) is 2.12. The standard InChI is InChI=1S/C17H17ClN4OS/c1-19-17(20-9-12-5-2-3-6-14(12)18)21-10-13-11-23-16(22-13)15-7-4-8-24-15/h2-8,11H,9-10H2,1H3,(H2,19,20,21). The van der Waals surface area contributed by atoms with E-state index in [0.29, 0.717) is 24.9 Å². The number of nitrogens with one attached hydrogen (secondary N) is 2. The largest absolute Gasteiger partial charge is 0.443 e. The van der Waals surface area contributed by atoms with Gasteiger partial charge in [0.25, 0.3) is 0 Å². The van der Waals surface area contributed by atoms with Crippen molar-refractivity contribution in [3.8, 4) is 10.8 Å².